The molecule has 0 fully saturated rings. The molecule has 0 amide bonds. The molecule has 0 aromatic heterocycles. The summed E-state index contributed by atoms with van der Waals surface area (Å²) >= 11 is 0. The fourth-order valence-electron chi connectivity index (χ4n) is 1.72. The Hall–Kier alpha value is -1.24. The number of hydrogen-bond acceptors (Lipinski definition) is 1. The Bertz CT molecular complexity index is 339. The first-order valence-corrected chi connectivity index (χ1v) is 4.76. The van der Waals surface area contributed by atoms with E-state index in [4.69, 9.17) is 0 Å². The maximum atomic E-state index is 4.02. The summed E-state index contributed by atoms with van der Waals surface area (Å²) in [5.41, 5.74) is 5.35. The average Bonchev–Trinajstić information content (AvgIpc) is 2.29. The van der Waals surface area contributed by atoms with Crippen LogP contribution >= 0.6 is 0 Å². The molecule has 0 atom stereocenters. The summed E-state index contributed by atoms with van der Waals surface area (Å²) in [5.74, 6) is 0. The second-order valence-corrected chi connectivity index (χ2v) is 3.76. The van der Waals surface area contributed by atoms with Crippen LogP contribution in [0.3, 0.4) is 0 Å². The van der Waals surface area contributed by atoms with Crippen molar-refractivity contribution in [1.29, 1.82) is 0 Å². The first-order chi connectivity index (χ1) is 6.25. The van der Waals surface area contributed by atoms with Crippen LogP contribution in [0.1, 0.15) is 17.5 Å². The van der Waals surface area contributed by atoms with Gasteiger partial charge in [-0.25, -0.2) is 0 Å². The summed E-state index contributed by atoms with van der Waals surface area (Å²) in [6, 6.07) is 6.59. The molecule has 0 spiro atoms. The van der Waals surface area contributed by atoms with Gasteiger partial charge in [0.2, 0.25) is 0 Å². The van der Waals surface area contributed by atoms with Gasteiger partial charge in [-0.15, -0.1) is 0 Å². The van der Waals surface area contributed by atoms with E-state index in [1.54, 1.807) is 0 Å². The Kier molecular flexibility index (Phi) is 2.09. The number of aryl methyl sites for hydroxylation is 2. The predicted octanol–water partition coefficient (Wildman–Crippen LogP) is 2.91. The van der Waals surface area contributed by atoms with Gasteiger partial charge in [0.25, 0.3) is 0 Å². The maximum Gasteiger partial charge on any atom is 0.0375 e. The van der Waals surface area contributed by atoms with Crippen LogP contribution in [0.25, 0.3) is 0 Å². The molecule has 1 aromatic rings. The van der Waals surface area contributed by atoms with Crippen molar-refractivity contribution in [2.45, 2.75) is 19.8 Å². The zero-order chi connectivity index (χ0) is 9.26. The number of hydrogen-bond donors (Lipinski definition) is 1. The molecule has 1 aliphatic heterocycles. The van der Waals surface area contributed by atoms with Gasteiger partial charge in [-0.05, 0) is 31.4 Å². The second-order valence-electron chi connectivity index (χ2n) is 3.76. The molecule has 1 heterocycles. The topological polar surface area (TPSA) is 12.0 Å². The second kappa shape index (κ2) is 3.25. The van der Waals surface area contributed by atoms with Crippen LogP contribution in [-0.4, -0.2) is 6.54 Å². The van der Waals surface area contributed by atoms with Crippen molar-refractivity contribution in [1.82, 2.24) is 0 Å². The number of anilines is 1. The van der Waals surface area contributed by atoms with Crippen LogP contribution in [-0.2, 0) is 6.42 Å². The Morgan fingerprint density at radius 1 is 1.31 bits per heavy atom. The smallest absolute Gasteiger partial charge is 0.0375 e. The Morgan fingerprint density at radius 3 is 3.00 bits per heavy atom. The molecule has 1 heteroatoms. The predicted molar refractivity (Wildman–Crippen MR) is 57.1 cm³/mol. The molecule has 0 saturated heterocycles. The first-order valence-electron chi connectivity index (χ1n) is 4.76. The van der Waals surface area contributed by atoms with Crippen molar-refractivity contribution in [3.63, 3.8) is 0 Å². The molecule has 0 bridgehead atoms. The van der Waals surface area contributed by atoms with Gasteiger partial charge in [0.1, 0.15) is 0 Å². The van der Waals surface area contributed by atoms with Crippen molar-refractivity contribution in [3.05, 3.63) is 41.5 Å². The molecule has 0 saturated carbocycles. The van der Waals surface area contributed by atoms with Gasteiger partial charge in [0, 0.05) is 12.2 Å². The molecule has 1 nitrogen and oxygen atoms in total. The third-order valence-electron chi connectivity index (χ3n) is 2.54. The molecule has 2 rings (SSSR count). The lowest BCUT2D eigenvalue weighted by atomic mass is 10.0. The molecule has 13 heavy (non-hydrogen) atoms. The van der Waals surface area contributed by atoms with E-state index in [1.807, 2.05) is 0 Å². The summed E-state index contributed by atoms with van der Waals surface area (Å²) < 4.78 is 0. The zero-order valence-electron chi connectivity index (χ0n) is 8.06. The van der Waals surface area contributed by atoms with Crippen LogP contribution < -0.4 is 5.32 Å². The minimum atomic E-state index is 0.927. The van der Waals surface area contributed by atoms with Crippen molar-refractivity contribution in [3.8, 4) is 0 Å². The number of nitrogens with one attached hydrogen (secondary N) is 1. The molecular weight excluding hydrogens is 158 g/mol. The fourth-order valence-corrected chi connectivity index (χ4v) is 1.72. The van der Waals surface area contributed by atoms with E-state index >= 15 is 0 Å². The van der Waals surface area contributed by atoms with E-state index < -0.39 is 0 Å². The monoisotopic (exact) mass is 173 g/mol. The highest BCUT2D eigenvalue weighted by atomic mass is 14.9. The number of rotatable bonds is 0. The van der Waals surface area contributed by atoms with Gasteiger partial charge in [0.05, 0.1) is 0 Å². The summed E-state index contributed by atoms with van der Waals surface area (Å²) in [7, 11) is 0. The minimum Gasteiger partial charge on any atom is -0.381 e. The zero-order valence-corrected chi connectivity index (χ0v) is 8.06. The number of benzene rings is 1. The lowest BCUT2D eigenvalue weighted by Crippen LogP contribution is -2.01. The molecule has 1 aliphatic rings. The summed E-state index contributed by atoms with van der Waals surface area (Å²) in [6.07, 6.45) is 2.24. The first kappa shape index (κ1) is 8.36. The van der Waals surface area contributed by atoms with Gasteiger partial charge in [-0.2, -0.15) is 0 Å². The molecule has 1 aromatic carbocycles. The highest BCUT2D eigenvalue weighted by Crippen LogP contribution is 2.23. The molecule has 68 valence electrons. The van der Waals surface area contributed by atoms with Crippen LogP contribution in [0.5, 0.6) is 0 Å². The van der Waals surface area contributed by atoms with Crippen molar-refractivity contribution in [2.24, 2.45) is 0 Å². The van der Waals surface area contributed by atoms with Crippen LogP contribution in [0, 0.1) is 6.92 Å². The number of fused-ring (bicyclic) bond motifs is 1. The van der Waals surface area contributed by atoms with Crippen molar-refractivity contribution >= 4 is 5.69 Å². The van der Waals surface area contributed by atoms with Crippen molar-refractivity contribution < 1.29 is 0 Å². The Morgan fingerprint density at radius 2 is 2.15 bits per heavy atom. The quantitative estimate of drug-likeness (QED) is 0.595. The third-order valence-corrected chi connectivity index (χ3v) is 2.54. The highest BCUT2D eigenvalue weighted by Gasteiger charge is 2.08. The Balaban J connectivity index is 2.35. The van der Waals surface area contributed by atoms with E-state index in [0.717, 1.165) is 19.4 Å². The SMILES string of the molecule is C=C1CCc2cc(C)ccc2NC1. The molecule has 0 unspecified atom stereocenters. The van der Waals surface area contributed by atoms with Gasteiger partial charge in [-0.3, -0.25) is 0 Å². The minimum absolute atomic E-state index is 0.927. The van der Waals surface area contributed by atoms with Crippen molar-refractivity contribution in [2.75, 3.05) is 11.9 Å². The molecule has 1 N–H and O–H groups in total. The van der Waals surface area contributed by atoms with E-state index in [9.17, 15) is 0 Å². The van der Waals surface area contributed by atoms with E-state index in [0.29, 0.717) is 0 Å². The third kappa shape index (κ3) is 1.74. The molecule has 0 radical (unpaired) electrons. The van der Waals surface area contributed by atoms with Gasteiger partial charge >= 0.3 is 0 Å². The van der Waals surface area contributed by atoms with Crippen LogP contribution in [0.4, 0.5) is 5.69 Å². The van der Waals surface area contributed by atoms with E-state index in [2.05, 4.69) is 37.0 Å². The van der Waals surface area contributed by atoms with E-state index in [-0.39, 0.29) is 0 Å². The maximum absolute atomic E-state index is 4.02. The lowest BCUT2D eigenvalue weighted by molar-refractivity contribution is 0.952. The summed E-state index contributed by atoms with van der Waals surface area (Å²) in [5, 5.41) is 3.40. The normalized spacial score (nSPS) is 15.9. The molecular formula is C12H15N. The largest absolute Gasteiger partial charge is 0.381 e. The Labute approximate surface area is 79.5 Å². The summed E-state index contributed by atoms with van der Waals surface area (Å²) in [4.78, 5) is 0. The average molecular weight is 173 g/mol. The van der Waals surface area contributed by atoms with Gasteiger partial charge < -0.3 is 5.32 Å². The lowest BCUT2D eigenvalue weighted by Gasteiger charge is -2.07. The highest BCUT2D eigenvalue weighted by molar-refractivity contribution is 5.54. The van der Waals surface area contributed by atoms with E-state index in [1.165, 1.54) is 22.4 Å². The summed E-state index contributed by atoms with van der Waals surface area (Å²) in [6.45, 7) is 7.08. The van der Waals surface area contributed by atoms with Crippen LogP contribution in [0.2, 0.25) is 0 Å². The fraction of sp³-hybridized carbons (Fsp3) is 0.333. The molecule has 0 aliphatic carbocycles. The van der Waals surface area contributed by atoms with Crippen LogP contribution in [0.15, 0.2) is 30.4 Å². The van der Waals surface area contributed by atoms with Gasteiger partial charge in [0.15, 0.2) is 0 Å². The van der Waals surface area contributed by atoms with Gasteiger partial charge in [-0.1, -0.05) is 29.8 Å². The standard InChI is InChI=1S/C12H15N/c1-9-4-6-12-11(7-9)5-3-10(2)8-13-12/h4,6-7,13H,2-3,5,8H2,1H3.